The molecular formula is C15H22N2O. The molecule has 2 rings (SSSR count). The third kappa shape index (κ3) is 2.67. The Labute approximate surface area is 110 Å². The molecule has 98 valence electrons. The van der Waals surface area contributed by atoms with Crippen molar-refractivity contribution < 1.29 is 4.74 Å². The quantitative estimate of drug-likeness (QED) is 0.828. The van der Waals surface area contributed by atoms with Crippen LogP contribution >= 0.6 is 0 Å². The Morgan fingerprint density at radius 1 is 1.06 bits per heavy atom. The number of rotatable bonds is 3. The van der Waals surface area contributed by atoms with Gasteiger partial charge < -0.3 is 9.64 Å². The van der Waals surface area contributed by atoms with Gasteiger partial charge in [0.1, 0.15) is 5.76 Å². The highest BCUT2D eigenvalue weighted by Gasteiger charge is 2.35. The zero-order chi connectivity index (χ0) is 13.1. The molecule has 2 aliphatic rings. The number of ether oxygens (including phenoxy) is 1. The summed E-state index contributed by atoms with van der Waals surface area (Å²) in [6.45, 7) is 8.62. The third-order valence-corrected chi connectivity index (χ3v) is 2.89. The lowest BCUT2D eigenvalue weighted by Gasteiger charge is -2.30. The normalized spacial score (nSPS) is 31.9. The second-order valence-electron chi connectivity index (χ2n) is 5.15. The first-order valence-electron chi connectivity index (χ1n) is 6.56. The molecule has 0 bridgehead atoms. The fraction of sp³-hybridized carbons (Fsp3) is 0.467. The van der Waals surface area contributed by atoms with Crippen LogP contribution in [0, 0.1) is 0 Å². The van der Waals surface area contributed by atoms with Gasteiger partial charge in [0.05, 0.1) is 5.70 Å². The van der Waals surface area contributed by atoms with Gasteiger partial charge in [-0.2, -0.15) is 0 Å². The minimum atomic E-state index is -0.0811. The van der Waals surface area contributed by atoms with Crippen molar-refractivity contribution in [2.75, 3.05) is 0 Å². The van der Waals surface area contributed by atoms with Gasteiger partial charge in [-0.25, -0.2) is 0 Å². The second-order valence-corrected chi connectivity index (χ2v) is 5.15. The van der Waals surface area contributed by atoms with Crippen molar-refractivity contribution in [1.29, 1.82) is 0 Å². The Balaban J connectivity index is 2.31. The molecule has 1 N–H and O–H groups in total. The van der Waals surface area contributed by atoms with Crippen LogP contribution in [0.3, 0.4) is 0 Å². The van der Waals surface area contributed by atoms with Crippen molar-refractivity contribution in [2.45, 2.75) is 46.1 Å². The Hall–Kier alpha value is -1.48. The summed E-state index contributed by atoms with van der Waals surface area (Å²) >= 11 is 0. The standard InChI is InChI=1S/C15H22N2O/c1-11(2)16-15-17(12(3)4)13-9-7-5-6-8-10-14(13)18-15/h5-12,15-16H,1-4H3/b6-5?,7-5-,8-6-,9-7?,10-8?,13-9+,14-10+. The first-order chi connectivity index (χ1) is 8.59. The van der Waals surface area contributed by atoms with Crippen LogP contribution in [0.1, 0.15) is 27.7 Å². The van der Waals surface area contributed by atoms with E-state index in [1.165, 1.54) is 0 Å². The molecule has 18 heavy (non-hydrogen) atoms. The molecular weight excluding hydrogens is 224 g/mol. The van der Waals surface area contributed by atoms with Crippen LogP contribution in [0.25, 0.3) is 0 Å². The summed E-state index contributed by atoms with van der Waals surface area (Å²) in [6.07, 6.45) is 12.1. The molecule has 1 saturated heterocycles. The maximum Gasteiger partial charge on any atom is 0.230 e. The molecule has 3 heteroatoms. The van der Waals surface area contributed by atoms with Crippen LogP contribution in [0.4, 0.5) is 0 Å². The van der Waals surface area contributed by atoms with Gasteiger partial charge in [-0.1, -0.05) is 24.3 Å². The number of fused-ring (bicyclic) bond motifs is 1. The van der Waals surface area contributed by atoms with Crippen LogP contribution in [-0.4, -0.2) is 23.3 Å². The molecule has 3 nitrogen and oxygen atoms in total. The molecule has 1 heterocycles. The summed E-state index contributed by atoms with van der Waals surface area (Å²) < 4.78 is 6.01. The third-order valence-electron chi connectivity index (χ3n) is 2.89. The number of nitrogens with one attached hydrogen (secondary N) is 1. The van der Waals surface area contributed by atoms with Crippen molar-refractivity contribution >= 4 is 0 Å². The monoisotopic (exact) mass is 246 g/mol. The van der Waals surface area contributed by atoms with Crippen LogP contribution in [-0.2, 0) is 4.74 Å². The van der Waals surface area contributed by atoms with Gasteiger partial charge in [-0.05, 0) is 39.8 Å². The van der Waals surface area contributed by atoms with E-state index < -0.39 is 0 Å². The molecule has 1 aliphatic carbocycles. The van der Waals surface area contributed by atoms with Crippen LogP contribution < -0.4 is 5.32 Å². The fourth-order valence-corrected chi connectivity index (χ4v) is 2.15. The summed E-state index contributed by atoms with van der Waals surface area (Å²) in [5, 5.41) is 3.44. The van der Waals surface area contributed by atoms with E-state index in [4.69, 9.17) is 4.74 Å². The van der Waals surface area contributed by atoms with Gasteiger partial charge in [0.2, 0.25) is 6.35 Å². The average molecular weight is 246 g/mol. The fourth-order valence-electron chi connectivity index (χ4n) is 2.15. The zero-order valence-electron chi connectivity index (χ0n) is 11.6. The lowest BCUT2D eigenvalue weighted by Crippen LogP contribution is -2.47. The molecule has 0 aromatic rings. The number of hydrogen-bond acceptors (Lipinski definition) is 3. The second kappa shape index (κ2) is 5.44. The van der Waals surface area contributed by atoms with Crippen molar-refractivity contribution in [3.05, 3.63) is 47.9 Å². The molecule has 1 atom stereocenters. The highest BCUT2D eigenvalue weighted by atomic mass is 16.5. The van der Waals surface area contributed by atoms with Crippen molar-refractivity contribution in [1.82, 2.24) is 10.2 Å². The first-order valence-corrected chi connectivity index (χ1v) is 6.56. The van der Waals surface area contributed by atoms with E-state index in [9.17, 15) is 0 Å². The van der Waals surface area contributed by atoms with Crippen molar-refractivity contribution in [2.24, 2.45) is 0 Å². The molecule has 1 unspecified atom stereocenters. The van der Waals surface area contributed by atoms with Crippen molar-refractivity contribution in [3.8, 4) is 0 Å². The van der Waals surface area contributed by atoms with Gasteiger partial charge in [-0.3, -0.25) is 5.32 Å². The maximum absolute atomic E-state index is 6.01. The van der Waals surface area contributed by atoms with Gasteiger partial charge in [0.15, 0.2) is 0 Å². The van der Waals surface area contributed by atoms with E-state index >= 15 is 0 Å². The Morgan fingerprint density at radius 3 is 2.33 bits per heavy atom. The van der Waals surface area contributed by atoms with Crippen LogP contribution in [0.2, 0.25) is 0 Å². The van der Waals surface area contributed by atoms with Crippen LogP contribution in [0.5, 0.6) is 0 Å². The average Bonchev–Trinajstić information content (AvgIpc) is 2.55. The molecule has 1 aliphatic heterocycles. The Bertz CT molecular complexity index is 416. The first kappa shape index (κ1) is 13.0. The van der Waals surface area contributed by atoms with E-state index in [2.05, 4.69) is 50.1 Å². The van der Waals surface area contributed by atoms with Crippen molar-refractivity contribution in [3.63, 3.8) is 0 Å². The van der Waals surface area contributed by atoms with Gasteiger partial charge >= 0.3 is 0 Å². The largest absolute Gasteiger partial charge is 0.455 e. The molecule has 0 spiro atoms. The highest BCUT2D eigenvalue weighted by molar-refractivity contribution is 5.37. The predicted octanol–water partition coefficient (Wildman–Crippen LogP) is 2.90. The van der Waals surface area contributed by atoms with E-state index in [1.807, 2.05) is 24.3 Å². The lowest BCUT2D eigenvalue weighted by molar-refractivity contribution is 0.00950. The summed E-state index contributed by atoms with van der Waals surface area (Å²) in [7, 11) is 0. The summed E-state index contributed by atoms with van der Waals surface area (Å²) in [6, 6.07) is 0.767. The summed E-state index contributed by atoms with van der Waals surface area (Å²) in [5.74, 6) is 0.933. The SMILES string of the molecule is CC(C)NC1OC2=C/C=C\C=C/C=C\2N1C(C)C. The molecule has 0 aromatic heterocycles. The predicted molar refractivity (Wildman–Crippen MR) is 74.6 cm³/mol. The molecule has 0 radical (unpaired) electrons. The van der Waals surface area contributed by atoms with E-state index in [1.54, 1.807) is 0 Å². The topological polar surface area (TPSA) is 24.5 Å². The molecule has 1 fully saturated rings. The lowest BCUT2D eigenvalue weighted by atomic mass is 10.2. The number of allylic oxidation sites excluding steroid dienone is 6. The minimum absolute atomic E-state index is 0.0811. The minimum Gasteiger partial charge on any atom is -0.455 e. The summed E-state index contributed by atoms with van der Waals surface area (Å²) in [5.41, 5.74) is 1.14. The van der Waals surface area contributed by atoms with Gasteiger partial charge in [0, 0.05) is 12.1 Å². The molecule has 0 aromatic carbocycles. The maximum atomic E-state index is 6.01. The van der Waals surface area contributed by atoms with Gasteiger partial charge in [0.25, 0.3) is 0 Å². The summed E-state index contributed by atoms with van der Waals surface area (Å²) in [4.78, 5) is 2.27. The number of nitrogens with zero attached hydrogens (tertiary/aromatic N) is 1. The number of hydrogen-bond donors (Lipinski definition) is 1. The van der Waals surface area contributed by atoms with E-state index in [-0.39, 0.29) is 6.35 Å². The smallest absolute Gasteiger partial charge is 0.230 e. The zero-order valence-corrected chi connectivity index (χ0v) is 11.6. The Kier molecular flexibility index (Phi) is 3.92. The molecule has 0 amide bonds. The highest BCUT2D eigenvalue weighted by Crippen LogP contribution is 2.31. The van der Waals surface area contributed by atoms with Crippen LogP contribution in [0.15, 0.2) is 47.9 Å². The molecule has 0 saturated carbocycles. The Morgan fingerprint density at radius 2 is 1.72 bits per heavy atom. The van der Waals surface area contributed by atoms with E-state index in [0.717, 1.165) is 11.5 Å². The van der Waals surface area contributed by atoms with E-state index in [0.29, 0.717) is 12.1 Å². The van der Waals surface area contributed by atoms with Gasteiger partial charge in [-0.15, -0.1) is 0 Å².